The van der Waals surface area contributed by atoms with Crippen LogP contribution in [-0.4, -0.2) is 42.7 Å². The maximum atomic E-state index is 11.7. The largest absolute Gasteiger partial charge is 0.337 e. The Balaban J connectivity index is 1.78. The Morgan fingerprint density at radius 3 is 2.75 bits per heavy atom. The topological polar surface area (TPSA) is 101 Å². The average molecular weight is 318 g/mol. The number of hydrogen-bond donors (Lipinski definition) is 2. The molecular formula is C11H18N4O3S2. The highest BCUT2D eigenvalue weighted by Gasteiger charge is 2.27. The zero-order valence-corrected chi connectivity index (χ0v) is 13.1. The molecule has 2 rings (SSSR count). The van der Waals surface area contributed by atoms with E-state index in [9.17, 15) is 13.2 Å². The van der Waals surface area contributed by atoms with Crippen LogP contribution in [0.15, 0.2) is 0 Å². The van der Waals surface area contributed by atoms with Gasteiger partial charge in [-0.1, -0.05) is 25.2 Å². The number of nitrogens with zero attached hydrogens (tertiary/aromatic N) is 2. The molecule has 112 valence electrons. The first-order valence-corrected chi connectivity index (χ1v) is 9.08. The minimum absolute atomic E-state index is 0.00592. The molecule has 0 saturated carbocycles. The lowest BCUT2D eigenvalue weighted by Gasteiger charge is -2.09. The first-order valence-electron chi connectivity index (χ1n) is 6.44. The molecule has 1 fully saturated rings. The molecule has 0 aromatic carbocycles. The van der Waals surface area contributed by atoms with Crippen LogP contribution in [0.5, 0.6) is 0 Å². The summed E-state index contributed by atoms with van der Waals surface area (Å²) in [6.07, 6.45) is 0.610. The number of hydrogen-bond acceptors (Lipinski definition) is 6. The molecule has 0 aliphatic carbocycles. The quantitative estimate of drug-likeness (QED) is 0.869. The smallest absolute Gasteiger partial charge is 0.321 e. The third-order valence-electron chi connectivity index (χ3n) is 3.03. The highest BCUT2D eigenvalue weighted by molar-refractivity contribution is 7.91. The van der Waals surface area contributed by atoms with E-state index in [-0.39, 0.29) is 29.4 Å². The van der Waals surface area contributed by atoms with Gasteiger partial charge in [0.2, 0.25) is 5.13 Å². The fourth-order valence-corrected chi connectivity index (χ4v) is 4.53. The fraction of sp³-hybridized carbons (Fsp3) is 0.727. The molecule has 2 amide bonds. The monoisotopic (exact) mass is 318 g/mol. The lowest BCUT2D eigenvalue weighted by atomic mass is 10.1. The summed E-state index contributed by atoms with van der Waals surface area (Å²) < 4.78 is 22.6. The van der Waals surface area contributed by atoms with Crippen LogP contribution in [0.4, 0.5) is 9.93 Å². The lowest BCUT2D eigenvalue weighted by Crippen LogP contribution is -2.33. The Kier molecular flexibility index (Phi) is 4.59. The average Bonchev–Trinajstić information content (AvgIpc) is 2.93. The van der Waals surface area contributed by atoms with E-state index in [1.807, 2.05) is 13.8 Å². The maximum absolute atomic E-state index is 11.7. The molecule has 2 heterocycles. The van der Waals surface area contributed by atoms with E-state index in [4.69, 9.17) is 0 Å². The van der Waals surface area contributed by atoms with E-state index in [0.29, 0.717) is 18.1 Å². The number of sulfone groups is 1. The van der Waals surface area contributed by atoms with E-state index in [1.165, 1.54) is 11.3 Å². The minimum atomic E-state index is -2.90. The van der Waals surface area contributed by atoms with Gasteiger partial charge >= 0.3 is 6.03 Å². The van der Waals surface area contributed by atoms with E-state index in [2.05, 4.69) is 20.8 Å². The molecule has 2 N–H and O–H groups in total. The molecule has 1 saturated heterocycles. The highest BCUT2D eigenvalue weighted by atomic mass is 32.2. The fourth-order valence-electron chi connectivity index (χ4n) is 1.93. The number of anilines is 1. The second kappa shape index (κ2) is 6.04. The van der Waals surface area contributed by atoms with Crippen molar-refractivity contribution < 1.29 is 13.2 Å². The van der Waals surface area contributed by atoms with Crippen molar-refractivity contribution in [1.29, 1.82) is 0 Å². The molecule has 1 aromatic rings. The van der Waals surface area contributed by atoms with Crippen LogP contribution in [0.2, 0.25) is 0 Å². The highest BCUT2D eigenvalue weighted by Crippen LogP contribution is 2.22. The van der Waals surface area contributed by atoms with Crippen LogP contribution in [0, 0.1) is 5.92 Å². The van der Waals surface area contributed by atoms with E-state index in [0.717, 1.165) is 5.01 Å². The van der Waals surface area contributed by atoms with Gasteiger partial charge in [0.25, 0.3) is 0 Å². The summed E-state index contributed by atoms with van der Waals surface area (Å²) in [5, 5.41) is 14.4. The van der Waals surface area contributed by atoms with Crippen molar-refractivity contribution in [2.75, 3.05) is 23.4 Å². The second-order valence-corrected chi connectivity index (χ2v) is 8.44. The van der Waals surface area contributed by atoms with Crippen molar-refractivity contribution in [3.8, 4) is 0 Å². The molecule has 1 atom stereocenters. The standard InChI is InChI=1S/C11H18N4O3S2/c1-7(2)9-14-15-11(19-9)13-10(16)12-5-8-3-4-20(17,18)6-8/h7-8H,3-6H2,1-2H3,(H2,12,13,15,16)/t8-/m0/s1. The summed E-state index contributed by atoms with van der Waals surface area (Å²) in [6.45, 7) is 4.37. The number of carbonyl (C=O) groups excluding carboxylic acids is 1. The minimum Gasteiger partial charge on any atom is -0.337 e. The van der Waals surface area contributed by atoms with E-state index in [1.54, 1.807) is 0 Å². The number of nitrogens with one attached hydrogen (secondary N) is 2. The predicted molar refractivity (Wildman–Crippen MR) is 77.8 cm³/mol. The molecule has 9 heteroatoms. The lowest BCUT2D eigenvalue weighted by molar-refractivity contribution is 0.250. The Morgan fingerprint density at radius 2 is 2.20 bits per heavy atom. The van der Waals surface area contributed by atoms with Crippen LogP contribution < -0.4 is 10.6 Å². The van der Waals surface area contributed by atoms with Gasteiger partial charge < -0.3 is 5.32 Å². The first kappa shape index (κ1) is 15.2. The summed E-state index contributed by atoms with van der Waals surface area (Å²) >= 11 is 1.34. The third-order valence-corrected chi connectivity index (χ3v) is 6.01. The van der Waals surface area contributed by atoms with Gasteiger partial charge in [0, 0.05) is 12.5 Å². The maximum Gasteiger partial charge on any atom is 0.321 e. The molecule has 0 radical (unpaired) electrons. The first-order chi connectivity index (χ1) is 9.35. The van der Waals surface area contributed by atoms with Crippen molar-refractivity contribution in [3.63, 3.8) is 0 Å². The number of carbonyl (C=O) groups is 1. The SMILES string of the molecule is CC(C)c1nnc(NC(=O)NC[C@@H]2CCS(=O)(=O)C2)s1. The second-order valence-electron chi connectivity index (χ2n) is 5.20. The normalized spacial score (nSPS) is 21.1. The summed E-state index contributed by atoms with van der Waals surface area (Å²) in [5.74, 6) is 0.653. The zero-order chi connectivity index (χ0) is 14.8. The summed E-state index contributed by atoms with van der Waals surface area (Å²) in [5.41, 5.74) is 0. The van der Waals surface area contributed by atoms with Crippen molar-refractivity contribution in [2.45, 2.75) is 26.2 Å². The molecular weight excluding hydrogens is 300 g/mol. The van der Waals surface area contributed by atoms with Gasteiger partial charge in [0.05, 0.1) is 11.5 Å². The summed E-state index contributed by atoms with van der Waals surface area (Å²) in [6, 6.07) is -0.374. The Bertz CT molecular complexity index is 582. The summed E-state index contributed by atoms with van der Waals surface area (Å²) in [4.78, 5) is 11.7. The predicted octanol–water partition coefficient (Wildman–Crippen LogP) is 1.22. The number of aromatic nitrogens is 2. The zero-order valence-electron chi connectivity index (χ0n) is 11.4. The molecule has 20 heavy (non-hydrogen) atoms. The van der Waals surface area contributed by atoms with E-state index < -0.39 is 9.84 Å². The number of rotatable bonds is 4. The molecule has 1 aromatic heterocycles. The van der Waals surface area contributed by atoms with Crippen LogP contribution in [0.1, 0.15) is 31.2 Å². The van der Waals surface area contributed by atoms with Gasteiger partial charge in [0.1, 0.15) is 5.01 Å². The molecule has 0 bridgehead atoms. The van der Waals surface area contributed by atoms with Crippen LogP contribution in [0.3, 0.4) is 0 Å². The van der Waals surface area contributed by atoms with Crippen molar-refractivity contribution in [1.82, 2.24) is 15.5 Å². The molecule has 0 spiro atoms. The van der Waals surface area contributed by atoms with Crippen molar-refractivity contribution in [3.05, 3.63) is 5.01 Å². The summed E-state index contributed by atoms with van der Waals surface area (Å²) in [7, 11) is -2.90. The Hall–Kier alpha value is -1.22. The van der Waals surface area contributed by atoms with Gasteiger partial charge in [-0.2, -0.15) is 0 Å². The van der Waals surface area contributed by atoms with Crippen LogP contribution >= 0.6 is 11.3 Å². The number of urea groups is 1. The van der Waals surface area contributed by atoms with Gasteiger partial charge in [-0.3, -0.25) is 5.32 Å². The van der Waals surface area contributed by atoms with Crippen LogP contribution in [0.25, 0.3) is 0 Å². The van der Waals surface area contributed by atoms with Gasteiger partial charge in [0.15, 0.2) is 9.84 Å². The van der Waals surface area contributed by atoms with Crippen molar-refractivity contribution >= 4 is 32.3 Å². The molecule has 7 nitrogen and oxygen atoms in total. The van der Waals surface area contributed by atoms with Gasteiger partial charge in [-0.15, -0.1) is 10.2 Å². The molecule has 1 aliphatic heterocycles. The molecule has 1 aliphatic rings. The number of amides is 2. The van der Waals surface area contributed by atoms with E-state index >= 15 is 0 Å². The Labute approximate surface area is 122 Å². The Morgan fingerprint density at radius 1 is 1.45 bits per heavy atom. The van der Waals surface area contributed by atoms with Crippen LogP contribution in [-0.2, 0) is 9.84 Å². The molecule has 0 unspecified atom stereocenters. The van der Waals surface area contributed by atoms with Crippen molar-refractivity contribution in [2.24, 2.45) is 5.92 Å². The van der Waals surface area contributed by atoms with Gasteiger partial charge in [-0.05, 0) is 12.3 Å². The van der Waals surface area contributed by atoms with Gasteiger partial charge in [-0.25, -0.2) is 13.2 Å². The third kappa shape index (κ3) is 4.14.